The molecule has 4 aromatic rings. The van der Waals surface area contributed by atoms with E-state index in [1.54, 1.807) is 67.4 Å². The number of aryl methyl sites for hydroxylation is 2. The quantitative estimate of drug-likeness (QED) is 0.0747. The van der Waals surface area contributed by atoms with E-state index in [9.17, 15) is 33.6 Å². The third kappa shape index (κ3) is 12.9. The molecular formula is C58H75N9O7Si. The molecule has 4 aliphatic rings. The van der Waals surface area contributed by atoms with Crippen molar-refractivity contribution in [2.45, 2.75) is 147 Å². The monoisotopic (exact) mass is 1040 g/mol. The molecule has 7 amide bonds. The Kier molecular flexibility index (Phi) is 16.8. The lowest BCUT2D eigenvalue weighted by atomic mass is 9.85. The number of fused-ring (bicyclic) bond motifs is 2. The van der Waals surface area contributed by atoms with Gasteiger partial charge in [0.1, 0.15) is 18.1 Å². The minimum absolute atomic E-state index is 0.0526. The fraction of sp³-hybridized carbons (Fsp3) is 0.466. The molecule has 0 aromatic heterocycles. The van der Waals surface area contributed by atoms with Gasteiger partial charge in [0.2, 0.25) is 29.5 Å². The third-order valence-electron chi connectivity index (χ3n) is 15.5. The second-order valence-corrected chi connectivity index (χ2v) is 28.0. The van der Waals surface area contributed by atoms with Crippen molar-refractivity contribution in [3.8, 4) is 0 Å². The number of hydrogen-bond donors (Lipinski definition) is 7. The van der Waals surface area contributed by atoms with Gasteiger partial charge in [0, 0.05) is 35.6 Å². The Morgan fingerprint density at radius 3 is 1.81 bits per heavy atom. The number of nitrogens with two attached hydrogens (primary N) is 1. The molecule has 398 valence electrons. The fourth-order valence-corrected chi connectivity index (χ4v) is 14.1. The van der Waals surface area contributed by atoms with Crippen LogP contribution in [0.4, 0.5) is 5.69 Å². The van der Waals surface area contributed by atoms with Crippen LogP contribution >= 0.6 is 0 Å². The molecule has 8 rings (SSSR count). The number of carbonyl (C=O) groups is 7. The molecule has 2 heterocycles. The third-order valence-corrected chi connectivity index (χ3v) is 18.2. The van der Waals surface area contributed by atoms with Crippen LogP contribution in [0.2, 0.25) is 19.1 Å². The Balaban J connectivity index is 0.872. The molecule has 2 saturated heterocycles. The standard InChI is InChI=1S/C58H75N9O7Si/c1-35(60-5)51(68)65-50(58(2,3)4)57(74)66-32-42(31-48(66)54(71)63-46-20-12-16-37-14-8-10-18-43(37)46)62-53(70)40-26-28-41(29-27-40)61-52(69)39-24-22-36(23-25-39)30-45(59)56(73)67-34-75(6,7)33-49(67)55(72)64-47-21-13-17-38-15-9-11-19-44(38)47/h8-11,14-15,18-19,22-29,35,42,45-50,60H,12-13,16-17,20-21,30-34,59H2,1-7H3,(H,61,69)(H,62,70)(H,63,71)(H,64,72)(H,65,68)/t35-,42-,45-,46+,47+,48-,49-,50+/m0/s1. The number of amides is 7. The van der Waals surface area contributed by atoms with Gasteiger partial charge in [-0.25, -0.2) is 0 Å². The number of nitrogens with zero attached hydrogens (tertiary/aromatic N) is 2. The van der Waals surface area contributed by atoms with Gasteiger partial charge in [0.05, 0.1) is 32.2 Å². The second kappa shape index (κ2) is 23.0. The average Bonchev–Trinajstić information content (AvgIpc) is 3.98. The molecular weight excluding hydrogens is 963 g/mol. The minimum Gasteiger partial charge on any atom is -0.348 e. The van der Waals surface area contributed by atoms with Crippen molar-refractivity contribution in [3.63, 3.8) is 0 Å². The summed E-state index contributed by atoms with van der Waals surface area (Å²) in [7, 11) is -0.224. The van der Waals surface area contributed by atoms with Gasteiger partial charge in [-0.15, -0.1) is 0 Å². The van der Waals surface area contributed by atoms with Crippen LogP contribution in [0.5, 0.6) is 0 Å². The molecule has 17 heteroatoms. The van der Waals surface area contributed by atoms with Crippen LogP contribution in [-0.4, -0.2) is 115 Å². The average molecular weight is 1040 g/mol. The summed E-state index contributed by atoms with van der Waals surface area (Å²) in [5.41, 5.74) is 12.4. The van der Waals surface area contributed by atoms with Crippen LogP contribution in [0.15, 0.2) is 97.1 Å². The topological polar surface area (TPSA) is 224 Å². The molecule has 8 atom stereocenters. The Morgan fingerprint density at radius 2 is 1.24 bits per heavy atom. The number of benzene rings is 4. The van der Waals surface area contributed by atoms with E-state index in [2.05, 4.69) is 63.2 Å². The zero-order chi connectivity index (χ0) is 53.8. The Hall–Kier alpha value is -6.69. The number of likely N-dealkylation sites (N-methyl/N-ethyl adjacent to an activating group) is 1. The largest absolute Gasteiger partial charge is 0.348 e. The van der Waals surface area contributed by atoms with Crippen LogP contribution in [0.3, 0.4) is 0 Å². The molecule has 2 aliphatic carbocycles. The van der Waals surface area contributed by atoms with E-state index in [4.69, 9.17) is 5.73 Å². The molecule has 2 aliphatic heterocycles. The highest BCUT2D eigenvalue weighted by Gasteiger charge is 2.48. The van der Waals surface area contributed by atoms with Crippen molar-refractivity contribution in [3.05, 3.63) is 136 Å². The molecule has 0 radical (unpaired) electrons. The summed E-state index contributed by atoms with van der Waals surface area (Å²) >= 11 is 0. The molecule has 16 nitrogen and oxygen atoms in total. The summed E-state index contributed by atoms with van der Waals surface area (Å²) in [5, 5.41) is 18.3. The van der Waals surface area contributed by atoms with Crippen LogP contribution in [0.25, 0.3) is 0 Å². The Labute approximate surface area is 442 Å². The van der Waals surface area contributed by atoms with Gasteiger partial charge < -0.3 is 47.4 Å². The highest BCUT2D eigenvalue weighted by atomic mass is 28.3. The lowest BCUT2D eigenvalue weighted by Gasteiger charge is -2.36. The Bertz CT molecular complexity index is 2780. The Morgan fingerprint density at radius 1 is 0.693 bits per heavy atom. The highest BCUT2D eigenvalue weighted by molar-refractivity contribution is 6.79. The number of hydrogen-bond acceptors (Lipinski definition) is 9. The molecule has 4 aromatic carbocycles. The van der Waals surface area contributed by atoms with Gasteiger partial charge in [0.15, 0.2) is 0 Å². The van der Waals surface area contributed by atoms with Crippen molar-refractivity contribution in [1.29, 1.82) is 0 Å². The minimum atomic E-state index is -1.89. The van der Waals surface area contributed by atoms with Crippen LogP contribution in [0.1, 0.15) is 120 Å². The van der Waals surface area contributed by atoms with Crippen LogP contribution in [-0.2, 0) is 43.2 Å². The highest BCUT2D eigenvalue weighted by Crippen LogP contribution is 2.34. The number of anilines is 1. The summed E-state index contributed by atoms with van der Waals surface area (Å²) in [6.45, 7) is 11.7. The van der Waals surface area contributed by atoms with E-state index in [1.807, 2.05) is 51.1 Å². The normalized spacial score (nSPS) is 22.1. The smallest absolute Gasteiger partial charge is 0.255 e. The van der Waals surface area contributed by atoms with E-state index in [1.165, 1.54) is 16.0 Å². The van der Waals surface area contributed by atoms with Gasteiger partial charge in [-0.2, -0.15) is 0 Å². The first-order valence-corrected chi connectivity index (χ1v) is 30.0. The first-order valence-electron chi connectivity index (χ1n) is 26.6. The SMILES string of the molecule is CN[C@@H](C)C(=O)N[C@H](C(=O)N1C[C@@H](NC(=O)c2ccc(NC(=O)c3ccc(C[C@H](N)C(=O)N4C[Si](C)(C)C[C@H]4C(=O)N[C@@H]4CCCc5ccccc54)cc3)cc2)C[C@H]1C(=O)N[C@@H]1CCCc2ccccc21)C(C)(C)C. The lowest BCUT2D eigenvalue weighted by Crippen LogP contribution is -2.59. The molecule has 0 saturated carbocycles. The van der Waals surface area contributed by atoms with Gasteiger partial charge in [0.25, 0.3) is 11.8 Å². The van der Waals surface area contributed by atoms with Gasteiger partial charge in [-0.05, 0) is 141 Å². The molecule has 8 N–H and O–H groups in total. The molecule has 2 fully saturated rings. The lowest BCUT2D eigenvalue weighted by molar-refractivity contribution is -0.144. The summed E-state index contributed by atoms with van der Waals surface area (Å²) in [6, 6.07) is 25.5. The predicted octanol–water partition coefficient (Wildman–Crippen LogP) is 5.49. The molecule has 0 bridgehead atoms. The van der Waals surface area contributed by atoms with E-state index in [0.29, 0.717) is 29.0 Å². The second-order valence-electron chi connectivity index (χ2n) is 22.9. The zero-order valence-corrected chi connectivity index (χ0v) is 45.5. The van der Waals surface area contributed by atoms with E-state index >= 15 is 0 Å². The maximum absolute atomic E-state index is 14.6. The molecule has 0 spiro atoms. The maximum Gasteiger partial charge on any atom is 0.255 e. The summed E-state index contributed by atoms with van der Waals surface area (Å²) in [6.07, 6.45) is 6.39. The van der Waals surface area contributed by atoms with Crippen molar-refractivity contribution < 1.29 is 33.6 Å². The van der Waals surface area contributed by atoms with Gasteiger partial charge in [-0.3, -0.25) is 33.6 Å². The summed E-state index contributed by atoms with van der Waals surface area (Å²) in [5.74, 6) is -2.24. The summed E-state index contributed by atoms with van der Waals surface area (Å²) < 4.78 is 0. The van der Waals surface area contributed by atoms with Crippen molar-refractivity contribution in [2.24, 2.45) is 11.1 Å². The molecule has 0 unspecified atom stereocenters. The number of nitrogens with one attached hydrogen (secondary N) is 6. The zero-order valence-electron chi connectivity index (χ0n) is 44.5. The van der Waals surface area contributed by atoms with E-state index in [0.717, 1.165) is 55.2 Å². The summed E-state index contributed by atoms with van der Waals surface area (Å²) in [4.78, 5) is 100. The van der Waals surface area contributed by atoms with E-state index < -0.39 is 61.6 Å². The van der Waals surface area contributed by atoms with Crippen molar-refractivity contribution >= 4 is 55.1 Å². The number of likely N-dealkylation sites (tertiary alicyclic amines) is 1. The van der Waals surface area contributed by atoms with Crippen molar-refractivity contribution in [1.82, 2.24) is 36.4 Å². The van der Waals surface area contributed by atoms with Crippen molar-refractivity contribution in [2.75, 3.05) is 25.1 Å². The molecule has 75 heavy (non-hydrogen) atoms. The van der Waals surface area contributed by atoms with Crippen LogP contribution in [0, 0.1) is 5.41 Å². The first-order chi connectivity index (χ1) is 35.7. The van der Waals surface area contributed by atoms with Crippen LogP contribution < -0.4 is 37.6 Å². The maximum atomic E-state index is 14.6. The first kappa shape index (κ1) is 54.6. The van der Waals surface area contributed by atoms with Gasteiger partial charge >= 0.3 is 0 Å². The van der Waals surface area contributed by atoms with E-state index in [-0.39, 0.29) is 61.0 Å². The number of rotatable bonds is 15. The number of carbonyl (C=O) groups excluding carboxylic acids is 7. The fourth-order valence-electron chi connectivity index (χ4n) is 11.2. The predicted molar refractivity (Wildman–Crippen MR) is 292 cm³/mol. The van der Waals surface area contributed by atoms with Gasteiger partial charge in [-0.1, -0.05) is 94.5 Å².